The standard InChI is InChI=1S/C25H35N3O7/c1-6-10-18-13-14-20(22(30)33-5)28(18)21(29)19(27-24(32)35-25(2,3)4)15-26-23(31)34-16-17-11-8-7-9-12-17/h6-9,11-12,18-20H,1,10,13-16H2,2-5H3,(H,26,31)(H,27,32)/t18?,19-,20-/m0/s1. The molecule has 0 saturated carbocycles. The molecule has 3 amide bonds. The van der Waals surface area contributed by atoms with Crippen LogP contribution in [0.25, 0.3) is 0 Å². The van der Waals surface area contributed by atoms with Crippen LogP contribution in [0.15, 0.2) is 43.0 Å². The molecule has 2 N–H and O–H groups in total. The van der Waals surface area contributed by atoms with Crippen molar-refractivity contribution in [2.45, 2.75) is 70.4 Å². The topological polar surface area (TPSA) is 123 Å². The van der Waals surface area contributed by atoms with E-state index in [9.17, 15) is 19.2 Å². The van der Waals surface area contributed by atoms with Gasteiger partial charge in [-0.2, -0.15) is 0 Å². The van der Waals surface area contributed by atoms with E-state index in [1.54, 1.807) is 26.8 Å². The van der Waals surface area contributed by atoms with Gasteiger partial charge in [-0.05, 0) is 45.6 Å². The molecule has 10 heteroatoms. The maximum Gasteiger partial charge on any atom is 0.408 e. The molecule has 1 aromatic carbocycles. The van der Waals surface area contributed by atoms with Crippen molar-refractivity contribution in [3.8, 4) is 0 Å². The SMILES string of the molecule is C=CCC1CC[C@@H](C(=O)OC)N1C(=O)[C@H](CNC(=O)OCc1ccccc1)NC(=O)OC(C)(C)C. The Bertz CT molecular complexity index is 898. The molecule has 1 saturated heterocycles. The molecule has 35 heavy (non-hydrogen) atoms. The average Bonchev–Trinajstić information content (AvgIpc) is 3.22. The summed E-state index contributed by atoms with van der Waals surface area (Å²) >= 11 is 0. The molecule has 1 unspecified atom stereocenters. The first-order valence-electron chi connectivity index (χ1n) is 11.5. The normalized spacial score (nSPS) is 18.2. The summed E-state index contributed by atoms with van der Waals surface area (Å²) in [5.41, 5.74) is 0.000209. The van der Waals surface area contributed by atoms with Crippen LogP contribution in [0.1, 0.15) is 45.6 Å². The average molecular weight is 490 g/mol. The molecule has 2 rings (SSSR count). The van der Waals surface area contributed by atoms with Crippen LogP contribution in [0.5, 0.6) is 0 Å². The lowest BCUT2D eigenvalue weighted by Crippen LogP contribution is -2.58. The largest absolute Gasteiger partial charge is 0.467 e. The number of esters is 1. The third-order valence-corrected chi connectivity index (χ3v) is 5.32. The number of hydrogen-bond acceptors (Lipinski definition) is 7. The van der Waals surface area contributed by atoms with Gasteiger partial charge >= 0.3 is 18.2 Å². The van der Waals surface area contributed by atoms with Crippen LogP contribution in [0.3, 0.4) is 0 Å². The highest BCUT2D eigenvalue weighted by Gasteiger charge is 2.43. The van der Waals surface area contributed by atoms with E-state index in [-0.39, 0.29) is 19.2 Å². The van der Waals surface area contributed by atoms with E-state index in [2.05, 4.69) is 17.2 Å². The van der Waals surface area contributed by atoms with E-state index in [0.29, 0.717) is 19.3 Å². The molecule has 0 spiro atoms. The molecule has 0 bridgehead atoms. The van der Waals surface area contributed by atoms with Gasteiger partial charge in [-0.3, -0.25) is 4.79 Å². The van der Waals surface area contributed by atoms with E-state index in [1.807, 2.05) is 30.3 Å². The van der Waals surface area contributed by atoms with E-state index < -0.39 is 41.7 Å². The lowest BCUT2D eigenvalue weighted by molar-refractivity contribution is -0.152. The van der Waals surface area contributed by atoms with Crippen LogP contribution in [-0.4, -0.2) is 66.3 Å². The van der Waals surface area contributed by atoms with Crippen LogP contribution in [0, 0.1) is 0 Å². The Morgan fingerprint density at radius 1 is 1.14 bits per heavy atom. The second-order valence-corrected chi connectivity index (χ2v) is 9.18. The van der Waals surface area contributed by atoms with Crippen LogP contribution in [0.4, 0.5) is 9.59 Å². The Labute approximate surface area is 206 Å². The molecule has 1 aliphatic rings. The van der Waals surface area contributed by atoms with Crippen molar-refractivity contribution in [1.29, 1.82) is 0 Å². The monoisotopic (exact) mass is 489 g/mol. The summed E-state index contributed by atoms with van der Waals surface area (Å²) in [6, 6.07) is 6.82. The molecule has 192 valence electrons. The number of benzene rings is 1. The van der Waals surface area contributed by atoms with Crippen molar-refractivity contribution in [3.05, 3.63) is 48.6 Å². The second-order valence-electron chi connectivity index (χ2n) is 9.18. The van der Waals surface area contributed by atoms with Gasteiger partial charge in [0.2, 0.25) is 5.91 Å². The highest BCUT2D eigenvalue weighted by Crippen LogP contribution is 2.28. The molecular weight excluding hydrogens is 454 g/mol. The Hall–Kier alpha value is -3.56. The number of likely N-dealkylation sites (tertiary alicyclic amines) is 1. The molecule has 10 nitrogen and oxygen atoms in total. The minimum absolute atomic E-state index is 0.0444. The fraction of sp³-hybridized carbons (Fsp3) is 0.520. The van der Waals surface area contributed by atoms with Gasteiger partial charge in [-0.15, -0.1) is 6.58 Å². The zero-order valence-electron chi connectivity index (χ0n) is 20.7. The van der Waals surface area contributed by atoms with Crippen LogP contribution in [0.2, 0.25) is 0 Å². The minimum atomic E-state index is -1.20. The lowest BCUT2D eigenvalue weighted by Gasteiger charge is -2.32. The maximum absolute atomic E-state index is 13.6. The van der Waals surface area contributed by atoms with Crippen molar-refractivity contribution in [1.82, 2.24) is 15.5 Å². The first-order chi connectivity index (χ1) is 16.6. The van der Waals surface area contributed by atoms with Crippen molar-refractivity contribution in [2.24, 2.45) is 0 Å². The smallest absolute Gasteiger partial charge is 0.408 e. The molecule has 1 aromatic rings. The van der Waals surface area contributed by atoms with E-state index in [4.69, 9.17) is 14.2 Å². The molecule has 1 aliphatic heterocycles. The van der Waals surface area contributed by atoms with E-state index >= 15 is 0 Å². The summed E-state index contributed by atoms with van der Waals surface area (Å²) in [5, 5.41) is 5.03. The number of ether oxygens (including phenoxy) is 3. The number of amides is 3. The number of nitrogens with zero attached hydrogens (tertiary/aromatic N) is 1. The number of nitrogens with one attached hydrogen (secondary N) is 2. The van der Waals surface area contributed by atoms with Gasteiger partial charge < -0.3 is 29.7 Å². The number of carbonyl (C=O) groups is 4. The fourth-order valence-electron chi connectivity index (χ4n) is 3.80. The Kier molecular flexibility index (Phi) is 10.1. The molecule has 3 atom stereocenters. The van der Waals surface area contributed by atoms with Crippen molar-refractivity contribution in [3.63, 3.8) is 0 Å². The summed E-state index contributed by atoms with van der Waals surface area (Å²) in [6.45, 7) is 8.58. The first-order valence-corrected chi connectivity index (χ1v) is 11.5. The van der Waals surface area contributed by atoms with Crippen molar-refractivity contribution >= 4 is 24.1 Å². The van der Waals surface area contributed by atoms with Crippen molar-refractivity contribution in [2.75, 3.05) is 13.7 Å². The summed E-state index contributed by atoms with van der Waals surface area (Å²) < 4.78 is 15.4. The van der Waals surface area contributed by atoms with Gasteiger partial charge in [0.25, 0.3) is 0 Å². The van der Waals surface area contributed by atoms with E-state index in [0.717, 1.165) is 5.56 Å². The Morgan fingerprint density at radius 2 is 1.83 bits per heavy atom. The highest BCUT2D eigenvalue weighted by atomic mass is 16.6. The quantitative estimate of drug-likeness (QED) is 0.311. The number of rotatable bonds is 9. The predicted octanol–water partition coefficient (Wildman–Crippen LogP) is 2.91. The molecule has 0 radical (unpaired) electrons. The van der Waals surface area contributed by atoms with Crippen LogP contribution in [-0.2, 0) is 30.4 Å². The number of carbonyl (C=O) groups excluding carboxylic acids is 4. The van der Waals surface area contributed by atoms with Gasteiger partial charge in [0, 0.05) is 6.04 Å². The minimum Gasteiger partial charge on any atom is -0.467 e. The van der Waals surface area contributed by atoms with Gasteiger partial charge in [0.1, 0.15) is 24.3 Å². The van der Waals surface area contributed by atoms with Gasteiger partial charge in [-0.25, -0.2) is 14.4 Å². The number of alkyl carbamates (subject to hydrolysis) is 2. The zero-order valence-corrected chi connectivity index (χ0v) is 20.7. The van der Waals surface area contributed by atoms with Crippen molar-refractivity contribution < 1.29 is 33.4 Å². The Morgan fingerprint density at radius 3 is 2.43 bits per heavy atom. The number of methoxy groups -OCH3 is 1. The zero-order chi connectivity index (χ0) is 26.0. The lowest BCUT2D eigenvalue weighted by atomic mass is 10.1. The summed E-state index contributed by atoms with van der Waals surface area (Å²) in [7, 11) is 1.26. The van der Waals surface area contributed by atoms with Gasteiger partial charge in [0.05, 0.1) is 13.7 Å². The summed E-state index contributed by atoms with van der Waals surface area (Å²) in [5.74, 6) is -1.09. The third-order valence-electron chi connectivity index (χ3n) is 5.32. The Balaban J connectivity index is 2.15. The predicted molar refractivity (Wildman–Crippen MR) is 128 cm³/mol. The highest BCUT2D eigenvalue weighted by molar-refractivity contribution is 5.91. The summed E-state index contributed by atoms with van der Waals surface area (Å²) in [6.07, 6.45) is 1.53. The summed E-state index contributed by atoms with van der Waals surface area (Å²) in [4.78, 5) is 52.1. The van der Waals surface area contributed by atoms with E-state index in [1.165, 1.54) is 12.0 Å². The number of hydrogen-bond donors (Lipinski definition) is 2. The molecule has 0 aromatic heterocycles. The third kappa shape index (κ3) is 8.62. The van der Waals surface area contributed by atoms with Gasteiger partial charge in [-0.1, -0.05) is 36.4 Å². The van der Waals surface area contributed by atoms with Crippen LogP contribution >= 0.6 is 0 Å². The molecular formula is C25H35N3O7. The molecule has 0 aliphatic carbocycles. The maximum atomic E-state index is 13.6. The molecule has 1 heterocycles. The van der Waals surface area contributed by atoms with Crippen LogP contribution < -0.4 is 10.6 Å². The molecule has 1 fully saturated rings. The van der Waals surface area contributed by atoms with Gasteiger partial charge in [0.15, 0.2) is 0 Å². The second kappa shape index (κ2) is 12.8. The fourth-order valence-corrected chi connectivity index (χ4v) is 3.80. The first kappa shape index (κ1) is 27.7.